The molecular weight excluding hydrogens is 397 g/mol. The van der Waals surface area contributed by atoms with Crippen LogP contribution in [-0.4, -0.2) is 10.9 Å². The lowest BCUT2D eigenvalue weighted by molar-refractivity contribution is 0.102. The number of nitrogens with zero attached hydrogens (tertiary/aromatic N) is 1. The third kappa shape index (κ3) is 3.03. The molecule has 0 saturated heterocycles. The average Bonchev–Trinajstić information content (AvgIpc) is 2.55. The highest BCUT2D eigenvalue weighted by Crippen LogP contribution is 2.36. The van der Waals surface area contributed by atoms with Crippen molar-refractivity contribution in [3.63, 3.8) is 0 Å². The van der Waals surface area contributed by atoms with Gasteiger partial charge >= 0.3 is 0 Å². The fourth-order valence-electron chi connectivity index (χ4n) is 2.20. The Bertz CT molecular complexity index is 978. The Kier molecular flexibility index (Phi) is 4.83. The summed E-state index contributed by atoms with van der Waals surface area (Å²) in [4.78, 5) is 16.7. The van der Waals surface area contributed by atoms with E-state index in [1.54, 1.807) is 12.1 Å². The van der Waals surface area contributed by atoms with Crippen LogP contribution in [0.15, 0.2) is 36.5 Å². The van der Waals surface area contributed by atoms with E-state index in [2.05, 4.69) is 10.3 Å². The topological polar surface area (TPSA) is 42.0 Å². The molecule has 3 aromatic rings. The molecule has 0 atom stereocenters. The largest absolute Gasteiger partial charge is 0.319 e. The van der Waals surface area contributed by atoms with Gasteiger partial charge in [-0.05, 0) is 30.3 Å². The minimum absolute atomic E-state index is 0.0150. The number of amides is 1. The maximum absolute atomic E-state index is 13.6. The predicted octanol–water partition coefficient (Wildman–Crippen LogP) is 6.24. The van der Waals surface area contributed by atoms with Crippen LogP contribution in [0, 0.1) is 5.82 Å². The van der Waals surface area contributed by atoms with Crippen LogP contribution in [0.2, 0.25) is 20.1 Å². The highest BCUT2D eigenvalue weighted by atomic mass is 35.5. The Morgan fingerprint density at radius 2 is 1.79 bits per heavy atom. The standard InChI is InChI=1S/C16H7Cl4FN2O/c17-8-3-4-11(21)13(20)12(8)16(24)23-15-10(19)6-9(18)7-2-1-5-22-14(7)15/h1-6H,(H,23,24). The van der Waals surface area contributed by atoms with Gasteiger partial charge in [0.1, 0.15) is 5.82 Å². The van der Waals surface area contributed by atoms with Crippen molar-refractivity contribution < 1.29 is 9.18 Å². The Balaban J connectivity index is 2.12. The van der Waals surface area contributed by atoms with Crippen LogP contribution in [0.25, 0.3) is 10.9 Å². The molecule has 2 aromatic carbocycles. The normalized spacial score (nSPS) is 10.9. The lowest BCUT2D eigenvalue weighted by Gasteiger charge is -2.13. The molecule has 1 heterocycles. The maximum atomic E-state index is 13.6. The van der Waals surface area contributed by atoms with Gasteiger partial charge in [-0.3, -0.25) is 9.78 Å². The first kappa shape index (κ1) is 17.2. The third-order valence-corrected chi connectivity index (χ3v) is 4.60. The highest BCUT2D eigenvalue weighted by molar-refractivity contribution is 6.43. The molecule has 24 heavy (non-hydrogen) atoms. The number of hydrogen-bond acceptors (Lipinski definition) is 2. The molecule has 0 radical (unpaired) electrons. The van der Waals surface area contributed by atoms with Gasteiger partial charge in [-0.2, -0.15) is 0 Å². The van der Waals surface area contributed by atoms with E-state index in [-0.39, 0.29) is 26.3 Å². The SMILES string of the molecule is O=C(Nc1c(Cl)cc(Cl)c2cccnc12)c1c(Cl)ccc(F)c1Cl. The number of fused-ring (bicyclic) bond motifs is 1. The second-order valence-electron chi connectivity index (χ2n) is 4.79. The third-order valence-electron chi connectivity index (χ3n) is 3.30. The zero-order valence-electron chi connectivity index (χ0n) is 11.7. The van der Waals surface area contributed by atoms with Gasteiger partial charge in [0.15, 0.2) is 0 Å². The van der Waals surface area contributed by atoms with E-state index in [1.165, 1.54) is 18.3 Å². The molecular formula is C16H7Cl4FN2O. The van der Waals surface area contributed by atoms with Crippen LogP contribution in [0.3, 0.4) is 0 Å². The number of pyridine rings is 1. The summed E-state index contributed by atoms with van der Waals surface area (Å²) in [7, 11) is 0. The molecule has 0 fully saturated rings. The summed E-state index contributed by atoms with van der Waals surface area (Å²) in [6.07, 6.45) is 1.53. The van der Waals surface area contributed by atoms with Gasteiger partial charge in [0.2, 0.25) is 0 Å². The summed E-state index contributed by atoms with van der Waals surface area (Å²) in [5.41, 5.74) is 0.443. The number of halogens is 5. The van der Waals surface area contributed by atoms with Gasteiger partial charge in [-0.1, -0.05) is 46.4 Å². The number of rotatable bonds is 2. The molecule has 1 aromatic heterocycles. The second kappa shape index (κ2) is 6.73. The van der Waals surface area contributed by atoms with Gasteiger partial charge in [0.05, 0.1) is 36.9 Å². The van der Waals surface area contributed by atoms with Crippen LogP contribution >= 0.6 is 46.4 Å². The van der Waals surface area contributed by atoms with Crippen molar-refractivity contribution in [2.45, 2.75) is 0 Å². The minimum Gasteiger partial charge on any atom is -0.319 e. The number of carbonyl (C=O) groups excluding carboxylic acids is 1. The fraction of sp³-hybridized carbons (Fsp3) is 0. The summed E-state index contributed by atoms with van der Waals surface area (Å²) >= 11 is 24.1. The summed E-state index contributed by atoms with van der Waals surface area (Å²) in [5, 5.41) is 3.40. The van der Waals surface area contributed by atoms with E-state index in [9.17, 15) is 9.18 Å². The van der Waals surface area contributed by atoms with E-state index in [1.807, 2.05) is 0 Å². The van der Waals surface area contributed by atoms with E-state index in [0.717, 1.165) is 6.07 Å². The van der Waals surface area contributed by atoms with E-state index >= 15 is 0 Å². The van der Waals surface area contributed by atoms with E-state index in [0.29, 0.717) is 15.9 Å². The number of benzene rings is 2. The van der Waals surface area contributed by atoms with Crippen LogP contribution in [0.5, 0.6) is 0 Å². The molecule has 122 valence electrons. The Labute approximate surface area is 156 Å². The minimum atomic E-state index is -0.753. The first-order valence-corrected chi connectivity index (χ1v) is 8.09. The molecule has 0 aliphatic heterocycles. The second-order valence-corrected chi connectivity index (χ2v) is 6.39. The van der Waals surface area contributed by atoms with Crippen LogP contribution in [-0.2, 0) is 0 Å². The number of nitrogens with one attached hydrogen (secondary N) is 1. The maximum Gasteiger partial charge on any atom is 0.258 e. The molecule has 0 saturated carbocycles. The van der Waals surface area contributed by atoms with Crippen molar-refractivity contribution in [3.05, 3.63) is 68.0 Å². The monoisotopic (exact) mass is 402 g/mol. The van der Waals surface area contributed by atoms with Crippen molar-refractivity contribution in [2.24, 2.45) is 0 Å². The molecule has 0 spiro atoms. The summed E-state index contributed by atoms with van der Waals surface area (Å²) in [6.45, 7) is 0. The number of carbonyl (C=O) groups is 1. The summed E-state index contributed by atoms with van der Waals surface area (Å²) in [6, 6.07) is 7.25. The van der Waals surface area contributed by atoms with Crippen molar-refractivity contribution in [2.75, 3.05) is 5.32 Å². The van der Waals surface area contributed by atoms with Gasteiger partial charge in [-0.25, -0.2) is 4.39 Å². The zero-order valence-corrected chi connectivity index (χ0v) is 14.7. The van der Waals surface area contributed by atoms with Crippen LogP contribution in [0.4, 0.5) is 10.1 Å². The molecule has 0 bridgehead atoms. The zero-order chi connectivity index (χ0) is 17.4. The average molecular weight is 404 g/mol. The highest BCUT2D eigenvalue weighted by Gasteiger charge is 2.21. The molecule has 0 aliphatic rings. The molecule has 3 rings (SSSR count). The lowest BCUT2D eigenvalue weighted by atomic mass is 10.1. The summed E-state index contributed by atoms with van der Waals surface area (Å²) in [5.74, 6) is -1.46. The molecule has 8 heteroatoms. The number of hydrogen-bond donors (Lipinski definition) is 1. The van der Waals surface area contributed by atoms with Gasteiger partial charge < -0.3 is 5.32 Å². The first-order valence-electron chi connectivity index (χ1n) is 6.57. The van der Waals surface area contributed by atoms with E-state index < -0.39 is 11.7 Å². The Morgan fingerprint density at radius 3 is 2.54 bits per heavy atom. The van der Waals surface area contributed by atoms with E-state index in [4.69, 9.17) is 46.4 Å². The van der Waals surface area contributed by atoms with Crippen LogP contribution < -0.4 is 5.32 Å². The molecule has 0 unspecified atom stereocenters. The van der Waals surface area contributed by atoms with Gasteiger partial charge in [0.25, 0.3) is 5.91 Å². The Hall–Kier alpha value is -1.59. The molecule has 3 nitrogen and oxygen atoms in total. The molecule has 1 amide bonds. The van der Waals surface area contributed by atoms with Crippen molar-refractivity contribution >= 4 is 68.9 Å². The number of anilines is 1. The summed E-state index contributed by atoms with van der Waals surface area (Å²) < 4.78 is 13.6. The van der Waals surface area contributed by atoms with Crippen molar-refractivity contribution in [3.8, 4) is 0 Å². The lowest BCUT2D eigenvalue weighted by Crippen LogP contribution is -2.14. The van der Waals surface area contributed by atoms with Crippen LogP contribution in [0.1, 0.15) is 10.4 Å². The fourth-order valence-corrected chi connectivity index (χ4v) is 3.31. The number of aromatic nitrogens is 1. The first-order chi connectivity index (χ1) is 11.4. The molecule has 1 N–H and O–H groups in total. The smallest absolute Gasteiger partial charge is 0.258 e. The quantitative estimate of drug-likeness (QED) is 0.514. The Morgan fingerprint density at radius 1 is 1.04 bits per heavy atom. The van der Waals surface area contributed by atoms with Crippen molar-refractivity contribution in [1.29, 1.82) is 0 Å². The van der Waals surface area contributed by atoms with Gasteiger partial charge in [0, 0.05) is 11.6 Å². The predicted molar refractivity (Wildman–Crippen MR) is 96.1 cm³/mol. The molecule has 0 aliphatic carbocycles. The van der Waals surface area contributed by atoms with Crippen molar-refractivity contribution in [1.82, 2.24) is 4.98 Å². The van der Waals surface area contributed by atoms with Gasteiger partial charge in [-0.15, -0.1) is 0 Å².